The van der Waals surface area contributed by atoms with Gasteiger partial charge in [-0.25, -0.2) is 4.39 Å². The number of ether oxygens (including phenoxy) is 1. The highest BCUT2D eigenvalue weighted by molar-refractivity contribution is 6.78. The smallest absolute Gasteiger partial charge is 0.259 e. The van der Waals surface area contributed by atoms with E-state index in [1.165, 1.54) is 6.07 Å². The molecule has 25 heavy (non-hydrogen) atoms. The Bertz CT molecular complexity index is 657. The van der Waals surface area contributed by atoms with Crippen molar-refractivity contribution in [3.8, 4) is 11.5 Å². The molecule has 0 bridgehead atoms. The fraction of sp³-hybridized carbons (Fsp3) is 0.600. The lowest BCUT2D eigenvalue weighted by atomic mass is 10.0. The number of hydrogen-bond donors (Lipinski definition) is 0. The summed E-state index contributed by atoms with van der Waals surface area (Å²) in [6.45, 7) is 16.2. The predicted octanol–water partition coefficient (Wildman–Crippen LogP) is 6.70. The van der Waals surface area contributed by atoms with Crippen LogP contribution in [0.2, 0.25) is 16.6 Å². The molecule has 1 heterocycles. The maximum Gasteiger partial charge on any atom is 0.259 e. The van der Waals surface area contributed by atoms with Gasteiger partial charge in [-0.15, -0.1) is 0 Å². The van der Waals surface area contributed by atoms with Crippen molar-refractivity contribution in [1.29, 1.82) is 0 Å². The molecule has 2 nitrogen and oxygen atoms in total. The minimum absolute atomic E-state index is 0.0723. The SMILES string of the molecule is CC(C)[Si](Oc1c(F)cc2c(c1F)OC(C)(C)C=C2)(C(C)C)C(C)C. The third-order valence-corrected chi connectivity index (χ3v) is 11.1. The number of rotatable bonds is 5. The summed E-state index contributed by atoms with van der Waals surface area (Å²) >= 11 is 0. The molecule has 0 N–H and O–H groups in total. The lowest BCUT2D eigenvalue weighted by Crippen LogP contribution is -2.51. The Morgan fingerprint density at radius 1 is 1.00 bits per heavy atom. The Balaban J connectivity index is 2.59. The van der Waals surface area contributed by atoms with E-state index in [1.54, 1.807) is 12.2 Å². The van der Waals surface area contributed by atoms with Gasteiger partial charge in [0.15, 0.2) is 17.3 Å². The van der Waals surface area contributed by atoms with E-state index in [4.69, 9.17) is 9.16 Å². The van der Waals surface area contributed by atoms with E-state index in [0.29, 0.717) is 5.56 Å². The zero-order valence-corrected chi connectivity index (χ0v) is 17.5. The van der Waals surface area contributed by atoms with Gasteiger partial charge in [0.25, 0.3) is 8.32 Å². The summed E-state index contributed by atoms with van der Waals surface area (Å²) in [7, 11) is -2.47. The lowest BCUT2D eigenvalue weighted by Gasteiger charge is -2.42. The zero-order valence-electron chi connectivity index (χ0n) is 16.5. The Morgan fingerprint density at radius 3 is 2.00 bits per heavy atom. The van der Waals surface area contributed by atoms with Gasteiger partial charge in [0, 0.05) is 5.56 Å². The topological polar surface area (TPSA) is 18.5 Å². The molecule has 5 heteroatoms. The van der Waals surface area contributed by atoms with Crippen molar-refractivity contribution >= 4 is 14.4 Å². The van der Waals surface area contributed by atoms with Crippen LogP contribution in [0.1, 0.15) is 61.0 Å². The van der Waals surface area contributed by atoms with E-state index in [9.17, 15) is 4.39 Å². The minimum atomic E-state index is -2.47. The predicted molar refractivity (Wildman–Crippen MR) is 102 cm³/mol. The molecule has 0 saturated heterocycles. The molecule has 0 aromatic heterocycles. The summed E-state index contributed by atoms with van der Waals surface area (Å²) in [5, 5.41) is 0. The molecule has 0 atom stereocenters. The quantitative estimate of drug-likeness (QED) is 0.538. The van der Waals surface area contributed by atoms with Crippen LogP contribution in [0.25, 0.3) is 6.08 Å². The van der Waals surface area contributed by atoms with Gasteiger partial charge in [0.2, 0.25) is 5.82 Å². The van der Waals surface area contributed by atoms with Crippen molar-refractivity contribution < 1.29 is 17.9 Å². The van der Waals surface area contributed by atoms with E-state index < -0.39 is 25.6 Å². The van der Waals surface area contributed by atoms with Crippen molar-refractivity contribution in [3.63, 3.8) is 0 Å². The second kappa shape index (κ2) is 6.75. The van der Waals surface area contributed by atoms with Crippen LogP contribution in [0.3, 0.4) is 0 Å². The second-order valence-corrected chi connectivity index (χ2v) is 13.8. The molecule has 1 aromatic carbocycles. The van der Waals surface area contributed by atoms with Gasteiger partial charge in [-0.1, -0.05) is 47.6 Å². The zero-order chi connectivity index (χ0) is 19.2. The Hall–Kier alpha value is -1.36. The normalized spacial score (nSPS) is 16.4. The average Bonchev–Trinajstić information content (AvgIpc) is 2.47. The van der Waals surface area contributed by atoms with E-state index in [0.717, 1.165) is 0 Å². The maximum absolute atomic E-state index is 15.2. The van der Waals surface area contributed by atoms with E-state index >= 15 is 4.39 Å². The number of hydrogen-bond acceptors (Lipinski definition) is 2. The summed E-state index contributed by atoms with van der Waals surface area (Å²) in [6, 6.07) is 1.31. The first-order valence-corrected chi connectivity index (χ1v) is 11.2. The lowest BCUT2D eigenvalue weighted by molar-refractivity contribution is 0.149. The summed E-state index contributed by atoms with van der Waals surface area (Å²) in [5.74, 6) is -1.61. The standard InChI is InChI=1S/C20H30F2O2Si/c1-12(2)25(13(3)4,14(5)6)24-19-16(21)11-15-9-10-20(7,8)23-18(15)17(19)22/h9-14H,1-8H3. The fourth-order valence-corrected chi connectivity index (χ4v) is 9.29. The molecule has 0 aliphatic carbocycles. The maximum atomic E-state index is 15.2. The molecule has 140 valence electrons. The van der Waals surface area contributed by atoms with Gasteiger partial charge in [-0.05, 0) is 42.6 Å². The van der Waals surface area contributed by atoms with E-state index in [2.05, 4.69) is 41.5 Å². The van der Waals surface area contributed by atoms with E-state index in [1.807, 2.05) is 13.8 Å². The highest BCUT2D eigenvalue weighted by Gasteiger charge is 2.48. The molecular weight excluding hydrogens is 338 g/mol. The van der Waals surface area contributed by atoms with Gasteiger partial charge >= 0.3 is 0 Å². The molecule has 0 spiro atoms. The van der Waals surface area contributed by atoms with Crippen LogP contribution in [-0.4, -0.2) is 13.9 Å². The Morgan fingerprint density at radius 2 is 1.52 bits per heavy atom. The molecule has 1 aliphatic rings. The summed E-state index contributed by atoms with van der Waals surface area (Å²) in [5.41, 5.74) is 0.442. The summed E-state index contributed by atoms with van der Waals surface area (Å²) in [6.07, 6.45) is 3.50. The first kappa shape index (κ1) is 20.0. The molecule has 0 saturated carbocycles. The Kier molecular flexibility index (Phi) is 5.38. The number of halogens is 2. The van der Waals surface area contributed by atoms with Crippen LogP contribution in [0.15, 0.2) is 12.1 Å². The van der Waals surface area contributed by atoms with Crippen molar-refractivity contribution in [3.05, 3.63) is 29.3 Å². The van der Waals surface area contributed by atoms with Gasteiger partial charge in [-0.2, -0.15) is 4.39 Å². The van der Waals surface area contributed by atoms with Crippen LogP contribution in [0.5, 0.6) is 11.5 Å². The van der Waals surface area contributed by atoms with Crippen molar-refractivity contribution in [1.82, 2.24) is 0 Å². The van der Waals surface area contributed by atoms with Crippen molar-refractivity contribution in [2.24, 2.45) is 0 Å². The molecule has 0 radical (unpaired) electrons. The molecule has 0 amide bonds. The third kappa shape index (κ3) is 3.48. The molecule has 0 unspecified atom stereocenters. The van der Waals surface area contributed by atoms with Crippen LogP contribution in [-0.2, 0) is 0 Å². The highest BCUT2D eigenvalue weighted by Crippen LogP contribution is 2.46. The highest BCUT2D eigenvalue weighted by atomic mass is 28.4. The second-order valence-electron chi connectivity index (χ2n) is 8.38. The van der Waals surface area contributed by atoms with Crippen LogP contribution in [0.4, 0.5) is 8.78 Å². The van der Waals surface area contributed by atoms with Crippen molar-refractivity contribution in [2.45, 2.75) is 77.6 Å². The van der Waals surface area contributed by atoms with Crippen LogP contribution < -0.4 is 9.16 Å². The number of fused-ring (bicyclic) bond motifs is 1. The Labute approximate surface area is 151 Å². The third-order valence-electron chi connectivity index (χ3n) is 5.18. The van der Waals surface area contributed by atoms with Gasteiger partial charge in [0.05, 0.1) is 0 Å². The monoisotopic (exact) mass is 368 g/mol. The summed E-state index contributed by atoms with van der Waals surface area (Å²) < 4.78 is 41.9. The molecule has 0 fully saturated rings. The number of benzene rings is 1. The van der Waals surface area contributed by atoms with Gasteiger partial charge in [-0.3, -0.25) is 0 Å². The minimum Gasteiger partial charge on any atom is -0.539 e. The van der Waals surface area contributed by atoms with Crippen molar-refractivity contribution in [2.75, 3.05) is 0 Å². The summed E-state index contributed by atoms with van der Waals surface area (Å²) in [4.78, 5) is 0. The molecule has 1 aromatic rings. The van der Waals surface area contributed by atoms with Crippen LogP contribution in [0, 0.1) is 11.6 Å². The fourth-order valence-electron chi connectivity index (χ4n) is 4.04. The first-order chi connectivity index (χ1) is 11.4. The molecular formula is C20H30F2O2Si. The van der Waals surface area contributed by atoms with Crippen LogP contribution >= 0.6 is 0 Å². The average molecular weight is 369 g/mol. The molecule has 2 rings (SSSR count). The van der Waals surface area contributed by atoms with Gasteiger partial charge < -0.3 is 9.16 Å². The van der Waals surface area contributed by atoms with E-state index in [-0.39, 0.29) is 28.1 Å². The first-order valence-electron chi connectivity index (χ1n) is 9.01. The molecule has 1 aliphatic heterocycles. The largest absolute Gasteiger partial charge is 0.539 e. The van der Waals surface area contributed by atoms with Gasteiger partial charge in [0.1, 0.15) is 5.60 Å².